The standard InChI is InChI=1S/C38H39FN4O7/c1-6-38(48)24-15-29-32-22(17-43(29)34(45)23(24)18-49-35(38)46)31-26(13-12-21-19(2)25(39)16-27(40-32)30(21)31)41-33(44)28(14-20-10-8-7-9-11-20)42-36(47)50-37(3,4)5/h7-11,15-16,26,28,48H,6,12-14,17-18H2,1-5H3,(H,41,44)(H,42,47)/t26-,28-,38-/m0/s1. The Balaban J connectivity index is 1.34. The maximum absolute atomic E-state index is 15.3. The van der Waals surface area contributed by atoms with Crippen molar-refractivity contribution in [3.8, 4) is 11.4 Å². The highest BCUT2D eigenvalue weighted by Gasteiger charge is 2.46. The largest absolute Gasteiger partial charge is 0.458 e. The molecule has 0 fully saturated rings. The van der Waals surface area contributed by atoms with Crippen molar-refractivity contribution in [2.24, 2.45) is 0 Å². The van der Waals surface area contributed by atoms with E-state index in [9.17, 15) is 24.3 Å². The minimum absolute atomic E-state index is 0.00554. The van der Waals surface area contributed by atoms with Crippen LogP contribution >= 0.6 is 0 Å². The van der Waals surface area contributed by atoms with Crippen LogP contribution in [0.2, 0.25) is 0 Å². The maximum atomic E-state index is 15.3. The highest BCUT2D eigenvalue weighted by Crippen LogP contribution is 2.46. The molecule has 2 aromatic carbocycles. The molecule has 0 saturated heterocycles. The fraction of sp³-hybridized carbons (Fsp3) is 0.395. The summed E-state index contributed by atoms with van der Waals surface area (Å²) in [6, 6.07) is 10.7. The Bertz CT molecular complexity index is 2160. The average Bonchev–Trinajstić information content (AvgIpc) is 3.44. The van der Waals surface area contributed by atoms with Gasteiger partial charge in [0, 0.05) is 29.0 Å². The molecule has 3 aliphatic rings. The molecule has 11 nitrogen and oxygen atoms in total. The molecular formula is C38H39FN4O7. The Morgan fingerprint density at radius 2 is 1.90 bits per heavy atom. The van der Waals surface area contributed by atoms with E-state index in [0.29, 0.717) is 46.3 Å². The molecule has 1 aliphatic carbocycles. The predicted molar refractivity (Wildman–Crippen MR) is 182 cm³/mol. The summed E-state index contributed by atoms with van der Waals surface area (Å²) in [6.45, 7) is 8.42. The normalized spacial score (nSPS) is 19.6. The number of pyridine rings is 2. The minimum atomic E-state index is -2.00. The smallest absolute Gasteiger partial charge is 0.408 e. The van der Waals surface area contributed by atoms with Crippen LogP contribution in [0, 0.1) is 12.7 Å². The minimum Gasteiger partial charge on any atom is -0.458 e. The molecule has 0 radical (unpaired) electrons. The number of carbonyl (C=O) groups is 3. The number of ether oxygens (including phenoxy) is 2. The van der Waals surface area contributed by atoms with Gasteiger partial charge in [-0.25, -0.2) is 19.0 Å². The van der Waals surface area contributed by atoms with Crippen LogP contribution in [0.15, 0.2) is 47.3 Å². The van der Waals surface area contributed by atoms with Crippen LogP contribution in [0.1, 0.15) is 85.5 Å². The number of alkyl carbamates (subject to hydrolysis) is 1. The Hall–Kier alpha value is -5.10. The molecule has 260 valence electrons. The highest BCUT2D eigenvalue weighted by atomic mass is 19.1. The van der Waals surface area contributed by atoms with Crippen molar-refractivity contribution >= 4 is 28.9 Å². The number of cyclic esters (lactones) is 1. The first kappa shape index (κ1) is 33.4. The van der Waals surface area contributed by atoms with Crippen LogP contribution in [-0.4, -0.2) is 44.3 Å². The van der Waals surface area contributed by atoms with Crippen LogP contribution in [0.3, 0.4) is 0 Å². The highest BCUT2D eigenvalue weighted by molar-refractivity contribution is 5.94. The number of carbonyl (C=O) groups excluding carboxylic acids is 3. The third kappa shape index (κ3) is 5.51. The number of rotatable bonds is 6. The summed E-state index contributed by atoms with van der Waals surface area (Å²) in [4.78, 5) is 58.6. The molecule has 0 saturated carbocycles. The Morgan fingerprint density at radius 3 is 2.60 bits per heavy atom. The van der Waals surface area contributed by atoms with Crippen molar-refractivity contribution in [2.45, 2.75) is 96.7 Å². The summed E-state index contributed by atoms with van der Waals surface area (Å²) in [5.41, 5.74) is 1.84. The van der Waals surface area contributed by atoms with Crippen LogP contribution in [0.5, 0.6) is 0 Å². The number of halogens is 1. The quantitative estimate of drug-likeness (QED) is 0.217. The molecule has 0 bridgehead atoms. The van der Waals surface area contributed by atoms with E-state index in [1.807, 2.05) is 30.3 Å². The zero-order valence-electron chi connectivity index (χ0n) is 28.6. The molecule has 2 aromatic heterocycles. The predicted octanol–water partition coefficient (Wildman–Crippen LogP) is 4.77. The Labute approximate surface area is 287 Å². The number of hydrogen-bond acceptors (Lipinski definition) is 8. The van der Waals surface area contributed by atoms with Crippen molar-refractivity contribution in [1.29, 1.82) is 0 Å². The second-order valence-electron chi connectivity index (χ2n) is 14.3. The van der Waals surface area contributed by atoms with Gasteiger partial charge in [-0.05, 0) is 75.3 Å². The van der Waals surface area contributed by atoms with E-state index in [-0.39, 0.29) is 37.1 Å². The number of amides is 2. The molecular weight excluding hydrogens is 643 g/mol. The molecule has 2 amide bonds. The molecule has 3 N–H and O–H groups in total. The van der Waals surface area contributed by atoms with Gasteiger partial charge in [-0.3, -0.25) is 9.59 Å². The van der Waals surface area contributed by atoms with Gasteiger partial charge in [0.2, 0.25) is 5.91 Å². The van der Waals surface area contributed by atoms with E-state index >= 15 is 4.39 Å². The molecule has 4 heterocycles. The van der Waals surface area contributed by atoms with Crippen molar-refractivity contribution in [3.05, 3.63) is 97.6 Å². The number of aliphatic hydroxyl groups is 1. The summed E-state index contributed by atoms with van der Waals surface area (Å²) in [5, 5.41) is 18.0. The molecule has 0 spiro atoms. The number of fused-ring (bicyclic) bond motifs is 5. The summed E-state index contributed by atoms with van der Waals surface area (Å²) in [5.74, 6) is -1.68. The molecule has 50 heavy (non-hydrogen) atoms. The lowest BCUT2D eigenvalue weighted by Crippen LogP contribution is -2.50. The van der Waals surface area contributed by atoms with Gasteiger partial charge in [-0.1, -0.05) is 37.3 Å². The van der Waals surface area contributed by atoms with E-state index in [0.717, 1.165) is 16.7 Å². The number of nitrogens with one attached hydrogen (secondary N) is 2. The SMILES string of the molecule is CC[C@@]1(O)C(=O)OCc2c1cc1n(c2=O)Cc2c-1nc1cc(F)c(C)c3c1c2[C@@H](NC(=O)[C@H](Cc1ccccc1)NC(=O)OC(C)(C)C)CC3. The van der Waals surface area contributed by atoms with Gasteiger partial charge in [0.25, 0.3) is 5.56 Å². The molecule has 4 aromatic rings. The molecule has 12 heteroatoms. The van der Waals surface area contributed by atoms with Gasteiger partial charge in [-0.2, -0.15) is 0 Å². The van der Waals surface area contributed by atoms with E-state index in [4.69, 9.17) is 14.5 Å². The first-order chi connectivity index (χ1) is 23.7. The lowest BCUT2D eigenvalue weighted by atomic mass is 9.81. The van der Waals surface area contributed by atoms with E-state index in [2.05, 4.69) is 10.6 Å². The fourth-order valence-corrected chi connectivity index (χ4v) is 7.48. The number of aryl methyl sites for hydroxylation is 1. The van der Waals surface area contributed by atoms with Crippen LogP contribution < -0.4 is 16.2 Å². The Kier molecular flexibility index (Phi) is 8.05. The van der Waals surface area contributed by atoms with E-state index < -0.39 is 52.6 Å². The topological polar surface area (TPSA) is 149 Å². The van der Waals surface area contributed by atoms with Crippen LogP contribution in [-0.2, 0) is 50.7 Å². The summed E-state index contributed by atoms with van der Waals surface area (Å²) < 4.78 is 27.6. The van der Waals surface area contributed by atoms with Gasteiger partial charge < -0.3 is 29.8 Å². The number of benzene rings is 2. The lowest BCUT2D eigenvalue weighted by Gasteiger charge is -2.31. The summed E-state index contributed by atoms with van der Waals surface area (Å²) in [7, 11) is 0. The maximum Gasteiger partial charge on any atom is 0.408 e. The second kappa shape index (κ2) is 12.0. The van der Waals surface area contributed by atoms with Crippen molar-refractivity contribution in [3.63, 3.8) is 0 Å². The van der Waals surface area contributed by atoms with Gasteiger partial charge >= 0.3 is 12.1 Å². The molecule has 7 rings (SSSR count). The van der Waals surface area contributed by atoms with Gasteiger partial charge in [0.15, 0.2) is 5.60 Å². The monoisotopic (exact) mass is 682 g/mol. The van der Waals surface area contributed by atoms with Gasteiger partial charge in [0.1, 0.15) is 24.1 Å². The van der Waals surface area contributed by atoms with Crippen LogP contribution in [0.25, 0.3) is 22.3 Å². The zero-order valence-corrected chi connectivity index (χ0v) is 28.6. The van der Waals surface area contributed by atoms with Gasteiger partial charge in [0.05, 0.1) is 35.1 Å². The first-order valence-electron chi connectivity index (χ1n) is 16.9. The summed E-state index contributed by atoms with van der Waals surface area (Å²) >= 11 is 0. The van der Waals surface area contributed by atoms with Crippen LogP contribution in [0.4, 0.5) is 9.18 Å². The fourth-order valence-electron chi connectivity index (χ4n) is 7.48. The number of hydrogen-bond donors (Lipinski definition) is 3. The molecule has 2 aliphatic heterocycles. The third-order valence-electron chi connectivity index (χ3n) is 9.98. The van der Waals surface area contributed by atoms with E-state index in [1.54, 1.807) is 40.7 Å². The zero-order chi connectivity index (χ0) is 35.7. The first-order valence-corrected chi connectivity index (χ1v) is 16.9. The van der Waals surface area contributed by atoms with Gasteiger partial charge in [-0.15, -0.1) is 0 Å². The molecule has 0 unspecified atom stereocenters. The number of aromatic nitrogens is 2. The number of nitrogens with zero attached hydrogens (tertiary/aromatic N) is 2. The van der Waals surface area contributed by atoms with Crippen molar-refractivity contribution in [2.75, 3.05) is 0 Å². The Morgan fingerprint density at radius 1 is 1.16 bits per heavy atom. The second-order valence-corrected chi connectivity index (χ2v) is 14.3. The van der Waals surface area contributed by atoms with E-state index in [1.165, 1.54) is 10.6 Å². The van der Waals surface area contributed by atoms with Crippen molar-refractivity contribution in [1.82, 2.24) is 20.2 Å². The average molecular weight is 683 g/mol. The number of esters is 1. The molecule has 3 atom stereocenters. The summed E-state index contributed by atoms with van der Waals surface area (Å²) in [6.07, 6.45) is 0.365. The lowest BCUT2D eigenvalue weighted by molar-refractivity contribution is -0.172. The third-order valence-corrected chi connectivity index (χ3v) is 9.98. The van der Waals surface area contributed by atoms with Crippen molar-refractivity contribution < 1.29 is 33.4 Å².